The number of carbonyl (C=O) groups excluding carboxylic acids is 3. The molecule has 0 aromatic heterocycles. The van der Waals surface area contributed by atoms with Crippen molar-refractivity contribution >= 4 is 23.4 Å². The van der Waals surface area contributed by atoms with Gasteiger partial charge in [0.2, 0.25) is 5.91 Å². The van der Waals surface area contributed by atoms with Crippen LogP contribution in [0.4, 0.5) is 5.69 Å². The Labute approximate surface area is 116 Å². The molecule has 2 aliphatic rings. The van der Waals surface area contributed by atoms with Gasteiger partial charge in [0, 0.05) is 24.8 Å². The molecule has 2 aliphatic heterocycles. The lowest BCUT2D eigenvalue weighted by Gasteiger charge is -2.11. The highest BCUT2D eigenvalue weighted by atomic mass is 16.2. The minimum Gasteiger partial charge on any atom is -0.384 e. The number of benzene rings is 1. The van der Waals surface area contributed by atoms with Gasteiger partial charge in [0.25, 0.3) is 11.8 Å². The number of hydrogen-bond donors (Lipinski definition) is 2. The van der Waals surface area contributed by atoms with E-state index in [0.29, 0.717) is 5.56 Å². The van der Waals surface area contributed by atoms with Gasteiger partial charge < -0.3 is 10.6 Å². The number of amides is 3. The van der Waals surface area contributed by atoms with Gasteiger partial charge >= 0.3 is 0 Å². The molecule has 104 valence electrons. The molecule has 0 radical (unpaired) electrons. The third-order valence-electron chi connectivity index (χ3n) is 3.76. The van der Waals surface area contributed by atoms with E-state index in [4.69, 9.17) is 0 Å². The van der Waals surface area contributed by atoms with Crippen molar-refractivity contribution in [2.75, 3.05) is 18.9 Å². The third kappa shape index (κ3) is 2.03. The van der Waals surface area contributed by atoms with Gasteiger partial charge in [-0.1, -0.05) is 0 Å². The van der Waals surface area contributed by atoms with Gasteiger partial charge in [0.15, 0.2) is 0 Å². The second-order valence-electron chi connectivity index (χ2n) is 5.07. The molecule has 0 saturated carbocycles. The maximum atomic E-state index is 12.1. The highest BCUT2D eigenvalue weighted by Gasteiger charge is 2.37. The number of likely N-dealkylation sites (tertiary alicyclic amines) is 1. The molecule has 1 aromatic rings. The van der Waals surface area contributed by atoms with E-state index in [2.05, 4.69) is 10.6 Å². The zero-order valence-electron chi connectivity index (χ0n) is 11.1. The smallest absolute Gasteiger partial charge is 0.252 e. The molecule has 1 atom stereocenters. The molecule has 1 unspecified atom stereocenters. The predicted octanol–water partition coefficient (Wildman–Crippen LogP) is 0.142. The van der Waals surface area contributed by atoms with Crippen LogP contribution in [0.25, 0.3) is 0 Å². The number of likely N-dealkylation sites (N-methyl/N-ethyl adjacent to an activating group) is 1. The first-order valence-corrected chi connectivity index (χ1v) is 6.54. The van der Waals surface area contributed by atoms with Crippen LogP contribution < -0.4 is 10.6 Å². The summed E-state index contributed by atoms with van der Waals surface area (Å²) >= 11 is 0. The maximum Gasteiger partial charge on any atom is 0.252 e. The molecule has 2 heterocycles. The normalized spacial score (nSPS) is 20.9. The number of fused-ring (bicyclic) bond motifs is 1. The summed E-state index contributed by atoms with van der Waals surface area (Å²) in [5.41, 5.74) is 2.67. The van der Waals surface area contributed by atoms with Crippen LogP contribution in [-0.4, -0.2) is 42.3 Å². The standard InChI is InChI=1S/C14H15N3O3/c1-17-12(18)7-11(14(17)20)16-13(19)9-2-3-10-8(6-9)4-5-15-10/h2-3,6,11,15H,4-5,7H2,1H3,(H,16,19). The molecule has 6 heteroatoms. The maximum absolute atomic E-state index is 12.1. The topological polar surface area (TPSA) is 78.5 Å². The van der Waals surface area contributed by atoms with Crippen molar-refractivity contribution in [2.45, 2.75) is 18.9 Å². The lowest BCUT2D eigenvalue weighted by atomic mass is 10.1. The van der Waals surface area contributed by atoms with Gasteiger partial charge in [-0.2, -0.15) is 0 Å². The van der Waals surface area contributed by atoms with Crippen LogP contribution in [-0.2, 0) is 16.0 Å². The largest absolute Gasteiger partial charge is 0.384 e. The number of anilines is 1. The number of nitrogens with one attached hydrogen (secondary N) is 2. The second kappa shape index (κ2) is 4.63. The van der Waals surface area contributed by atoms with E-state index in [1.165, 1.54) is 7.05 Å². The minimum absolute atomic E-state index is 0.0353. The molecule has 3 amide bonds. The lowest BCUT2D eigenvalue weighted by Crippen LogP contribution is -2.40. The molecular weight excluding hydrogens is 258 g/mol. The summed E-state index contributed by atoms with van der Waals surface area (Å²) in [6.07, 6.45) is 0.924. The first-order valence-electron chi connectivity index (χ1n) is 6.54. The van der Waals surface area contributed by atoms with E-state index < -0.39 is 6.04 Å². The Bertz CT molecular complexity index is 612. The van der Waals surface area contributed by atoms with Crippen molar-refractivity contribution in [3.63, 3.8) is 0 Å². The second-order valence-corrected chi connectivity index (χ2v) is 5.07. The van der Waals surface area contributed by atoms with Crippen LogP contribution in [0.2, 0.25) is 0 Å². The molecule has 6 nitrogen and oxygen atoms in total. The van der Waals surface area contributed by atoms with Crippen molar-refractivity contribution in [3.8, 4) is 0 Å². The van der Waals surface area contributed by atoms with Crippen molar-refractivity contribution in [1.29, 1.82) is 0 Å². The number of carbonyl (C=O) groups is 3. The quantitative estimate of drug-likeness (QED) is 0.751. The predicted molar refractivity (Wildman–Crippen MR) is 72.3 cm³/mol. The van der Waals surface area contributed by atoms with Gasteiger partial charge in [-0.3, -0.25) is 19.3 Å². The van der Waals surface area contributed by atoms with E-state index >= 15 is 0 Å². The summed E-state index contributed by atoms with van der Waals surface area (Å²) in [6.45, 7) is 0.876. The van der Waals surface area contributed by atoms with Gasteiger partial charge in [-0.15, -0.1) is 0 Å². The van der Waals surface area contributed by atoms with Gasteiger partial charge in [0.05, 0.1) is 6.42 Å². The monoisotopic (exact) mass is 273 g/mol. The van der Waals surface area contributed by atoms with Crippen LogP contribution in [0, 0.1) is 0 Å². The zero-order chi connectivity index (χ0) is 14.3. The average molecular weight is 273 g/mol. The Morgan fingerprint density at radius 1 is 1.40 bits per heavy atom. The van der Waals surface area contributed by atoms with E-state index in [9.17, 15) is 14.4 Å². The van der Waals surface area contributed by atoms with Crippen LogP contribution in [0.1, 0.15) is 22.3 Å². The number of rotatable bonds is 2. The molecule has 0 aliphatic carbocycles. The van der Waals surface area contributed by atoms with Crippen molar-refractivity contribution in [1.82, 2.24) is 10.2 Å². The molecular formula is C14H15N3O3. The molecule has 2 N–H and O–H groups in total. The first kappa shape index (κ1) is 12.7. The third-order valence-corrected chi connectivity index (χ3v) is 3.76. The molecule has 1 aromatic carbocycles. The summed E-state index contributed by atoms with van der Waals surface area (Å²) < 4.78 is 0. The summed E-state index contributed by atoms with van der Waals surface area (Å²) in [4.78, 5) is 36.4. The molecule has 20 heavy (non-hydrogen) atoms. The van der Waals surface area contributed by atoms with Crippen molar-refractivity contribution in [2.24, 2.45) is 0 Å². The average Bonchev–Trinajstić information content (AvgIpc) is 2.99. The summed E-state index contributed by atoms with van der Waals surface area (Å²) in [6, 6.07) is 4.67. The highest BCUT2D eigenvalue weighted by molar-refractivity contribution is 6.08. The van der Waals surface area contributed by atoms with E-state index in [1.54, 1.807) is 6.07 Å². The summed E-state index contributed by atoms with van der Waals surface area (Å²) in [5, 5.41) is 5.85. The van der Waals surface area contributed by atoms with Gasteiger partial charge in [0.1, 0.15) is 6.04 Å². The summed E-state index contributed by atoms with van der Waals surface area (Å²) in [5.74, 6) is -0.939. The van der Waals surface area contributed by atoms with E-state index in [1.807, 2.05) is 12.1 Å². The number of hydrogen-bond acceptors (Lipinski definition) is 4. The van der Waals surface area contributed by atoms with E-state index in [0.717, 1.165) is 29.1 Å². The Kier molecular flexibility index (Phi) is 2.93. The van der Waals surface area contributed by atoms with E-state index in [-0.39, 0.29) is 24.1 Å². The van der Waals surface area contributed by atoms with Crippen LogP contribution in [0.5, 0.6) is 0 Å². The highest BCUT2D eigenvalue weighted by Crippen LogP contribution is 2.23. The Hall–Kier alpha value is -2.37. The van der Waals surface area contributed by atoms with Gasteiger partial charge in [-0.05, 0) is 30.2 Å². The molecule has 0 bridgehead atoms. The Morgan fingerprint density at radius 2 is 2.20 bits per heavy atom. The fourth-order valence-corrected chi connectivity index (χ4v) is 2.56. The molecule has 1 fully saturated rings. The summed E-state index contributed by atoms with van der Waals surface area (Å²) in [7, 11) is 1.43. The lowest BCUT2D eigenvalue weighted by molar-refractivity contribution is -0.137. The fourth-order valence-electron chi connectivity index (χ4n) is 2.56. The number of nitrogens with zero attached hydrogens (tertiary/aromatic N) is 1. The van der Waals surface area contributed by atoms with Crippen LogP contribution >= 0.6 is 0 Å². The minimum atomic E-state index is -0.744. The Balaban J connectivity index is 1.74. The van der Waals surface area contributed by atoms with Crippen molar-refractivity contribution in [3.05, 3.63) is 29.3 Å². The van der Waals surface area contributed by atoms with Crippen molar-refractivity contribution < 1.29 is 14.4 Å². The fraction of sp³-hybridized carbons (Fsp3) is 0.357. The molecule has 1 saturated heterocycles. The first-order chi connectivity index (χ1) is 9.56. The molecule has 3 rings (SSSR count). The Morgan fingerprint density at radius 3 is 2.90 bits per heavy atom. The SMILES string of the molecule is CN1C(=O)CC(NC(=O)c2ccc3c(c2)CCN3)C1=O. The number of imide groups is 1. The van der Waals surface area contributed by atoms with Crippen LogP contribution in [0.3, 0.4) is 0 Å². The molecule has 0 spiro atoms. The van der Waals surface area contributed by atoms with Crippen LogP contribution in [0.15, 0.2) is 18.2 Å². The zero-order valence-corrected chi connectivity index (χ0v) is 11.1. The van der Waals surface area contributed by atoms with Gasteiger partial charge in [-0.25, -0.2) is 0 Å².